The summed E-state index contributed by atoms with van der Waals surface area (Å²) in [5.74, 6) is -0.917. The van der Waals surface area contributed by atoms with Crippen LogP contribution in [0.4, 0.5) is 0 Å². The van der Waals surface area contributed by atoms with Gasteiger partial charge in [-0.05, 0) is 89.9 Å². The summed E-state index contributed by atoms with van der Waals surface area (Å²) >= 11 is 0. The summed E-state index contributed by atoms with van der Waals surface area (Å²) in [4.78, 5) is 34.9. The lowest BCUT2D eigenvalue weighted by molar-refractivity contribution is -0.161. The van der Waals surface area contributed by atoms with Crippen LogP contribution in [0.3, 0.4) is 0 Å². The molecule has 0 heterocycles. The molecule has 0 spiro atoms. The number of carbonyl (C=O) groups is 2. The summed E-state index contributed by atoms with van der Waals surface area (Å²) in [6, 6.07) is 0. The highest BCUT2D eigenvalue weighted by Crippen LogP contribution is 2.43. The zero-order valence-electron chi connectivity index (χ0n) is 36.2. The van der Waals surface area contributed by atoms with Crippen molar-refractivity contribution in [1.82, 2.24) is 0 Å². The van der Waals surface area contributed by atoms with Crippen molar-refractivity contribution in [2.75, 3.05) is 33.0 Å². The number of aliphatic hydroxyl groups excluding tert-OH is 1. The Kier molecular flexibility index (Phi) is 42.0. The summed E-state index contributed by atoms with van der Waals surface area (Å²) < 4.78 is 32.7. The maximum absolute atomic E-state index is 12.6. The number of hydrogen-bond acceptors (Lipinski definition) is 9. The average Bonchev–Trinajstić information content (AvgIpc) is 3.21. The van der Waals surface area contributed by atoms with Gasteiger partial charge in [-0.2, -0.15) is 0 Å². The molecule has 58 heavy (non-hydrogen) atoms. The zero-order chi connectivity index (χ0) is 42.5. The molecule has 0 fully saturated rings. The lowest BCUT2D eigenvalue weighted by Crippen LogP contribution is -2.29. The van der Waals surface area contributed by atoms with Gasteiger partial charge < -0.3 is 25.2 Å². The summed E-state index contributed by atoms with van der Waals surface area (Å²) in [6.45, 7) is 1.64. The molecule has 4 N–H and O–H groups in total. The van der Waals surface area contributed by atoms with E-state index < -0.39 is 32.5 Å². The SMILES string of the molecule is CCCCC/C=C\C/C=C\CCCCCCCCCCCC(=O)O[C@H](COC(=O)CCC/C=C\C/C=C\C/C=C\C/C=C\CCCCCO)COP(=O)(O)OCCN. The van der Waals surface area contributed by atoms with Crippen LogP contribution in [-0.2, 0) is 32.7 Å². The van der Waals surface area contributed by atoms with E-state index in [2.05, 4.69) is 73.8 Å². The molecule has 0 aromatic heterocycles. The molecular formula is C47H82NO9P. The van der Waals surface area contributed by atoms with Crippen LogP contribution in [0.15, 0.2) is 72.9 Å². The molecule has 0 aliphatic heterocycles. The van der Waals surface area contributed by atoms with Gasteiger partial charge in [0.15, 0.2) is 6.10 Å². The van der Waals surface area contributed by atoms with Gasteiger partial charge in [0.2, 0.25) is 0 Å². The van der Waals surface area contributed by atoms with Crippen LogP contribution >= 0.6 is 7.82 Å². The summed E-state index contributed by atoms with van der Waals surface area (Å²) in [7, 11) is -4.40. The van der Waals surface area contributed by atoms with Gasteiger partial charge in [-0.1, -0.05) is 144 Å². The number of esters is 2. The van der Waals surface area contributed by atoms with Crippen LogP contribution in [0.2, 0.25) is 0 Å². The van der Waals surface area contributed by atoms with E-state index in [0.29, 0.717) is 12.8 Å². The molecule has 0 radical (unpaired) electrons. The summed E-state index contributed by atoms with van der Waals surface area (Å²) in [5.41, 5.74) is 5.35. The van der Waals surface area contributed by atoms with Crippen LogP contribution in [0.5, 0.6) is 0 Å². The minimum Gasteiger partial charge on any atom is -0.462 e. The second-order valence-corrected chi connectivity index (χ2v) is 16.1. The second kappa shape index (κ2) is 44.0. The van der Waals surface area contributed by atoms with Crippen molar-refractivity contribution in [3.05, 3.63) is 72.9 Å². The first-order valence-electron chi connectivity index (χ1n) is 22.5. The zero-order valence-corrected chi connectivity index (χ0v) is 37.1. The van der Waals surface area contributed by atoms with Crippen LogP contribution in [0.25, 0.3) is 0 Å². The van der Waals surface area contributed by atoms with Gasteiger partial charge in [-0.15, -0.1) is 0 Å². The average molecular weight is 836 g/mol. The molecule has 334 valence electrons. The Morgan fingerprint density at radius 1 is 0.552 bits per heavy atom. The summed E-state index contributed by atoms with van der Waals surface area (Å²) in [6.07, 6.45) is 50.9. The standard InChI is InChI=1S/C47H82NO9P/c1-2-3-4-5-6-7-8-9-10-11-12-14-18-21-24-27-30-33-36-39-47(51)57-45(44-56-58(52,53)55-42-40-48)43-54-46(50)38-35-32-29-26-23-20-17-15-13-16-19-22-25-28-31-34-37-41-49/h6-7,9-10,13,16-17,20,22,25-26,29,45,49H,2-5,8,11-12,14-15,18-19,21,23-24,27-28,30-44,48H2,1H3,(H,52,53)/b7-6-,10-9-,16-13-,20-17-,25-22-,29-26-/t45-/m1/s1. The van der Waals surface area contributed by atoms with Crippen molar-refractivity contribution in [2.45, 2.75) is 180 Å². The first kappa shape index (κ1) is 55.4. The number of aliphatic hydroxyl groups is 1. The Labute approximate surface area is 353 Å². The fourth-order valence-electron chi connectivity index (χ4n) is 5.75. The van der Waals surface area contributed by atoms with Gasteiger partial charge in [0.05, 0.1) is 13.2 Å². The molecule has 0 saturated heterocycles. The number of nitrogens with two attached hydrogens (primary N) is 1. The quantitative estimate of drug-likeness (QED) is 0.0234. The maximum atomic E-state index is 12.6. The number of phosphoric acid groups is 1. The molecular weight excluding hydrogens is 753 g/mol. The van der Waals surface area contributed by atoms with E-state index in [1.165, 1.54) is 57.8 Å². The van der Waals surface area contributed by atoms with Crippen molar-refractivity contribution in [2.24, 2.45) is 5.73 Å². The van der Waals surface area contributed by atoms with Crippen molar-refractivity contribution in [3.8, 4) is 0 Å². The number of rotatable bonds is 42. The number of carbonyl (C=O) groups excluding carboxylic acids is 2. The van der Waals surface area contributed by atoms with Crippen LogP contribution in [0, 0.1) is 0 Å². The number of phosphoric ester groups is 1. The fraction of sp³-hybridized carbons (Fsp3) is 0.702. The third-order valence-corrected chi connectivity index (χ3v) is 10.1. The first-order chi connectivity index (χ1) is 28.3. The molecule has 2 atom stereocenters. The smallest absolute Gasteiger partial charge is 0.462 e. The Morgan fingerprint density at radius 2 is 0.983 bits per heavy atom. The van der Waals surface area contributed by atoms with E-state index in [-0.39, 0.29) is 39.2 Å². The highest BCUT2D eigenvalue weighted by atomic mass is 31.2. The van der Waals surface area contributed by atoms with Crippen molar-refractivity contribution in [3.63, 3.8) is 0 Å². The van der Waals surface area contributed by atoms with Gasteiger partial charge >= 0.3 is 19.8 Å². The third-order valence-electron chi connectivity index (χ3n) is 9.12. The Morgan fingerprint density at radius 3 is 1.48 bits per heavy atom. The van der Waals surface area contributed by atoms with Crippen molar-refractivity contribution >= 4 is 19.8 Å². The molecule has 0 aliphatic carbocycles. The molecule has 10 nitrogen and oxygen atoms in total. The van der Waals surface area contributed by atoms with E-state index in [1.807, 2.05) is 6.08 Å². The predicted octanol–water partition coefficient (Wildman–Crippen LogP) is 12.0. The molecule has 0 aromatic carbocycles. The van der Waals surface area contributed by atoms with Crippen LogP contribution in [-0.4, -0.2) is 61.0 Å². The second-order valence-electron chi connectivity index (χ2n) is 14.6. The lowest BCUT2D eigenvalue weighted by atomic mass is 10.1. The molecule has 0 saturated carbocycles. The van der Waals surface area contributed by atoms with E-state index in [0.717, 1.165) is 83.5 Å². The van der Waals surface area contributed by atoms with Gasteiger partial charge in [0, 0.05) is 26.0 Å². The Balaban J connectivity index is 4.23. The molecule has 1 unspecified atom stereocenters. The molecule has 0 aliphatic rings. The van der Waals surface area contributed by atoms with E-state index in [4.69, 9.17) is 29.4 Å². The fourth-order valence-corrected chi connectivity index (χ4v) is 6.52. The Bertz CT molecular complexity index is 1180. The monoisotopic (exact) mass is 836 g/mol. The van der Waals surface area contributed by atoms with Crippen molar-refractivity contribution < 1.29 is 42.7 Å². The van der Waals surface area contributed by atoms with Crippen LogP contribution < -0.4 is 5.73 Å². The topological polar surface area (TPSA) is 155 Å². The normalized spacial score (nSPS) is 13.9. The molecule has 0 aromatic rings. The maximum Gasteiger partial charge on any atom is 0.472 e. The predicted molar refractivity (Wildman–Crippen MR) is 239 cm³/mol. The van der Waals surface area contributed by atoms with Crippen molar-refractivity contribution in [1.29, 1.82) is 0 Å². The third kappa shape index (κ3) is 43.0. The number of ether oxygens (including phenoxy) is 2. The summed E-state index contributed by atoms with van der Waals surface area (Å²) in [5, 5.41) is 8.79. The number of hydrogen-bond donors (Lipinski definition) is 3. The number of unbranched alkanes of at least 4 members (excludes halogenated alkanes) is 16. The van der Waals surface area contributed by atoms with Gasteiger partial charge in [-0.25, -0.2) is 4.57 Å². The van der Waals surface area contributed by atoms with E-state index in [9.17, 15) is 19.0 Å². The molecule has 0 rings (SSSR count). The molecule has 11 heteroatoms. The van der Waals surface area contributed by atoms with E-state index in [1.54, 1.807) is 0 Å². The van der Waals surface area contributed by atoms with Gasteiger partial charge in [0.1, 0.15) is 6.61 Å². The lowest BCUT2D eigenvalue weighted by Gasteiger charge is -2.19. The van der Waals surface area contributed by atoms with E-state index >= 15 is 0 Å². The minimum atomic E-state index is -4.40. The van der Waals surface area contributed by atoms with Gasteiger partial charge in [0.25, 0.3) is 0 Å². The number of allylic oxidation sites excluding steroid dienone is 12. The first-order valence-corrected chi connectivity index (χ1v) is 24.0. The Hall–Kier alpha value is -2.59. The van der Waals surface area contributed by atoms with Gasteiger partial charge in [-0.3, -0.25) is 18.6 Å². The molecule has 0 amide bonds. The van der Waals surface area contributed by atoms with Crippen LogP contribution in [0.1, 0.15) is 174 Å². The highest BCUT2D eigenvalue weighted by molar-refractivity contribution is 7.47. The molecule has 0 bridgehead atoms. The largest absolute Gasteiger partial charge is 0.472 e. The minimum absolute atomic E-state index is 0.0378. The highest BCUT2D eigenvalue weighted by Gasteiger charge is 2.26.